The molecule has 0 spiro atoms. The van der Waals surface area contributed by atoms with Gasteiger partial charge in [0.05, 0.1) is 10.7 Å². The highest BCUT2D eigenvalue weighted by Crippen LogP contribution is 2.51. The van der Waals surface area contributed by atoms with Gasteiger partial charge in [-0.25, -0.2) is 0 Å². The Morgan fingerprint density at radius 1 is 0.605 bits per heavy atom. The molecule has 0 aliphatic rings. The number of aromatic hydroxyl groups is 1. The monoisotopic (exact) mass is 632 g/mol. The summed E-state index contributed by atoms with van der Waals surface area (Å²) in [5.41, 5.74) is 3.71. The molecule has 0 heterocycles. The van der Waals surface area contributed by atoms with Crippen LogP contribution in [0.25, 0.3) is 0 Å². The summed E-state index contributed by atoms with van der Waals surface area (Å²) in [6.07, 6.45) is 1.28. The summed E-state index contributed by atoms with van der Waals surface area (Å²) in [6, 6.07) is 8.94. The van der Waals surface area contributed by atoms with E-state index in [0.717, 1.165) is 16.9 Å². The van der Waals surface area contributed by atoms with Gasteiger partial charge in [-0.3, -0.25) is 0 Å². The van der Waals surface area contributed by atoms with Crippen molar-refractivity contribution in [2.45, 2.75) is 145 Å². The van der Waals surface area contributed by atoms with Gasteiger partial charge in [0, 0.05) is 45.3 Å². The number of phenols is 1. The van der Waals surface area contributed by atoms with Crippen molar-refractivity contribution < 1.29 is 20.1 Å². The second-order valence-electron chi connectivity index (χ2n) is 16.5. The van der Waals surface area contributed by atoms with E-state index in [9.17, 15) is 15.3 Å². The lowest BCUT2D eigenvalue weighted by Gasteiger charge is -2.33. The van der Waals surface area contributed by atoms with Gasteiger partial charge in [0.25, 0.3) is 0 Å². The Morgan fingerprint density at radius 2 is 0.977 bits per heavy atom. The molecule has 2 aromatic rings. The van der Waals surface area contributed by atoms with Crippen molar-refractivity contribution in [2.75, 3.05) is 19.8 Å². The maximum Gasteiger partial charge on any atom is 0.126 e. The third kappa shape index (κ3) is 10.6. The van der Waals surface area contributed by atoms with Crippen LogP contribution in [0.4, 0.5) is 0 Å². The molecule has 1 atom stereocenters. The summed E-state index contributed by atoms with van der Waals surface area (Å²) in [5, 5.41) is 30.3. The van der Waals surface area contributed by atoms with Crippen molar-refractivity contribution >= 4 is 23.5 Å². The predicted octanol–water partition coefficient (Wildman–Crippen LogP) is 9.96. The minimum Gasteiger partial charge on any atom is -0.507 e. The van der Waals surface area contributed by atoms with E-state index in [1.807, 2.05) is 23.5 Å². The normalized spacial score (nSPS) is 14.2. The molecule has 0 saturated carbocycles. The van der Waals surface area contributed by atoms with Crippen LogP contribution in [0.15, 0.2) is 34.1 Å². The van der Waals surface area contributed by atoms with E-state index in [1.54, 1.807) is 0 Å². The molecule has 3 N–H and O–H groups in total. The Labute approximate surface area is 271 Å². The summed E-state index contributed by atoms with van der Waals surface area (Å²) < 4.78 is 6.36. The molecule has 0 aliphatic carbocycles. The average Bonchev–Trinajstić information content (AvgIpc) is 2.81. The smallest absolute Gasteiger partial charge is 0.126 e. The first-order valence-corrected chi connectivity index (χ1v) is 17.3. The second-order valence-corrected chi connectivity index (χ2v) is 20.2. The molecule has 43 heavy (non-hydrogen) atoms. The van der Waals surface area contributed by atoms with Crippen molar-refractivity contribution in [3.8, 4) is 11.5 Å². The molecule has 2 rings (SSSR count). The Hall–Kier alpha value is -1.34. The molecular weight excluding hydrogens is 573 g/mol. The molecule has 0 radical (unpaired) electrons. The van der Waals surface area contributed by atoms with E-state index in [2.05, 4.69) is 121 Å². The van der Waals surface area contributed by atoms with Crippen LogP contribution in [0, 0.1) is 5.92 Å². The van der Waals surface area contributed by atoms with Crippen LogP contribution in [-0.2, 0) is 21.7 Å². The first kappa shape index (κ1) is 37.8. The number of aliphatic hydroxyl groups excluding tert-OH is 2. The number of aliphatic hydroxyl groups is 2. The first-order valence-electron chi connectivity index (χ1n) is 15.7. The first-order chi connectivity index (χ1) is 19.4. The lowest BCUT2D eigenvalue weighted by molar-refractivity contribution is 0.157. The average molecular weight is 633 g/mol. The largest absolute Gasteiger partial charge is 0.507 e. The molecule has 0 aliphatic heterocycles. The third-order valence-corrected chi connectivity index (χ3v) is 10.1. The predicted molar refractivity (Wildman–Crippen MR) is 188 cm³/mol. The lowest BCUT2D eigenvalue weighted by atomic mass is 9.79. The van der Waals surface area contributed by atoms with Gasteiger partial charge >= 0.3 is 0 Å². The van der Waals surface area contributed by atoms with Gasteiger partial charge in [0.2, 0.25) is 0 Å². The Balaban J connectivity index is 2.55. The van der Waals surface area contributed by atoms with Crippen LogP contribution in [0.5, 0.6) is 11.5 Å². The zero-order chi connectivity index (χ0) is 33.2. The third-order valence-electron chi connectivity index (χ3n) is 7.67. The quantitative estimate of drug-likeness (QED) is 0.169. The van der Waals surface area contributed by atoms with E-state index in [0.29, 0.717) is 25.2 Å². The summed E-state index contributed by atoms with van der Waals surface area (Å²) >= 11 is 3.71. The van der Waals surface area contributed by atoms with E-state index >= 15 is 0 Å². The van der Waals surface area contributed by atoms with Crippen LogP contribution in [0.3, 0.4) is 0 Å². The van der Waals surface area contributed by atoms with Crippen molar-refractivity contribution in [2.24, 2.45) is 5.92 Å². The number of hydrogen-bond donors (Lipinski definition) is 3. The maximum atomic E-state index is 11.2. The SMILES string of the molecule is CC(C)(Sc1cc(C(C)(C)C)c(O)c(C(C)(C)C)c1)Sc1cc(C(C)(C)C)c(OCC[C@H](CO)CCO)c(C(C)(C)C)c1. The molecule has 0 fully saturated rings. The second kappa shape index (κ2) is 14.0. The standard InChI is InChI=1S/C37H60O4S2/c1-33(2,3)27-19-25(20-28(31(27)40)34(4,5)6)42-37(13,14)43-26-21-29(35(7,8)9)32(30(22-26)36(10,11)12)41-18-16-24(23-39)15-17-38/h19-22,24,38-40H,15-18,23H2,1-14H3/t24-/m1/s1. The van der Waals surface area contributed by atoms with Gasteiger partial charge in [0.1, 0.15) is 11.5 Å². The van der Waals surface area contributed by atoms with E-state index in [4.69, 9.17) is 4.74 Å². The van der Waals surface area contributed by atoms with Gasteiger partial charge in [0.15, 0.2) is 0 Å². The fraction of sp³-hybridized carbons (Fsp3) is 0.676. The molecular formula is C37H60O4S2. The molecule has 2 aromatic carbocycles. The van der Waals surface area contributed by atoms with Crippen LogP contribution < -0.4 is 4.74 Å². The molecule has 0 unspecified atom stereocenters. The summed E-state index contributed by atoms with van der Waals surface area (Å²) in [4.78, 5) is 2.37. The van der Waals surface area contributed by atoms with Crippen LogP contribution in [0.1, 0.15) is 132 Å². The highest BCUT2D eigenvalue weighted by atomic mass is 32.2. The Kier molecular flexibility index (Phi) is 12.3. The van der Waals surface area contributed by atoms with Crippen LogP contribution in [-0.4, -0.2) is 39.2 Å². The van der Waals surface area contributed by atoms with Crippen molar-refractivity contribution in [1.82, 2.24) is 0 Å². The highest BCUT2D eigenvalue weighted by molar-refractivity contribution is 8.18. The minimum atomic E-state index is -0.188. The summed E-state index contributed by atoms with van der Waals surface area (Å²) in [6.45, 7) is 31.5. The maximum absolute atomic E-state index is 11.2. The molecule has 6 heteroatoms. The fourth-order valence-electron chi connectivity index (χ4n) is 5.17. The molecule has 0 amide bonds. The van der Waals surface area contributed by atoms with Gasteiger partial charge in [-0.05, 0) is 78.5 Å². The van der Waals surface area contributed by atoms with Crippen LogP contribution >= 0.6 is 23.5 Å². The summed E-state index contributed by atoms with van der Waals surface area (Å²) in [7, 11) is 0. The highest BCUT2D eigenvalue weighted by Gasteiger charge is 2.32. The van der Waals surface area contributed by atoms with Crippen molar-refractivity contribution in [1.29, 1.82) is 0 Å². The van der Waals surface area contributed by atoms with Crippen molar-refractivity contribution in [3.63, 3.8) is 0 Å². The lowest BCUT2D eigenvalue weighted by Crippen LogP contribution is -2.22. The molecule has 0 bridgehead atoms. The Morgan fingerprint density at radius 3 is 1.30 bits per heavy atom. The number of ether oxygens (including phenoxy) is 1. The zero-order valence-corrected chi connectivity index (χ0v) is 31.1. The van der Waals surface area contributed by atoms with Gasteiger partial charge in [-0.1, -0.05) is 83.1 Å². The summed E-state index contributed by atoms with van der Waals surface area (Å²) in [5.74, 6) is 1.39. The number of phenolic OH excluding ortho intramolecular Hbond substituents is 1. The van der Waals surface area contributed by atoms with E-state index in [1.165, 1.54) is 20.9 Å². The molecule has 244 valence electrons. The number of benzene rings is 2. The van der Waals surface area contributed by atoms with E-state index in [-0.39, 0.29) is 44.9 Å². The Bertz CT molecular complexity index is 1150. The number of thioether (sulfide) groups is 2. The van der Waals surface area contributed by atoms with E-state index < -0.39 is 0 Å². The van der Waals surface area contributed by atoms with Gasteiger partial charge < -0.3 is 20.1 Å². The van der Waals surface area contributed by atoms with Crippen molar-refractivity contribution in [3.05, 3.63) is 46.5 Å². The number of rotatable bonds is 11. The molecule has 4 nitrogen and oxygen atoms in total. The van der Waals surface area contributed by atoms with Gasteiger partial charge in [-0.2, -0.15) is 0 Å². The fourth-order valence-corrected chi connectivity index (χ4v) is 7.75. The topological polar surface area (TPSA) is 69.9 Å². The van der Waals surface area contributed by atoms with Gasteiger partial charge in [-0.15, -0.1) is 23.5 Å². The molecule has 0 aromatic heterocycles. The molecule has 0 saturated heterocycles. The van der Waals surface area contributed by atoms with Crippen LogP contribution in [0.2, 0.25) is 0 Å². The minimum absolute atomic E-state index is 0.0336. The number of hydrogen-bond acceptors (Lipinski definition) is 6. The zero-order valence-electron chi connectivity index (χ0n) is 29.5.